The molecule has 3 amide bonds. The van der Waals surface area contributed by atoms with Crippen molar-refractivity contribution in [3.05, 3.63) is 47.4 Å². The summed E-state index contributed by atoms with van der Waals surface area (Å²) in [4.78, 5) is 42.2. The van der Waals surface area contributed by atoms with Crippen molar-refractivity contribution >= 4 is 34.9 Å². The van der Waals surface area contributed by atoms with Gasteiger partial charge in [0.05, 0.1) is 6.42 Å². The summed E-state index contributed by atoms with van der Waals surface area (Å²) >= 11 is 0.816. The van der Waals surface area contributed by atoms with E-state index >= 15 is 0 Å². The Labute approximate surface area is 209 Å². The molecule has 0 aliphatic carbocycles. The lowest BCUT2D eigenvalue weighted by Crippen LogP contribution is -2.28. The molecule has 2 N–H and O–H groups in total. The molecular formula is C23H24F3N7O2S. The highest BCUT2D eigenvalue weighted by Gasteiger charge is 2.34. The molecule has 36 heavy (non-hydrogen) atoms. The second-order valence-corrected chi connectivity index (χ2v) is 8.70. The minimum Gasteiger partial charge on any atom is -0.366 e. The van der Waals surface area contributed by atoms with Crippen LogP contribution in [-0.4, -0.2) is 58.3 Å². The van der Waals surface area contributed by atoms with Crippen molar-refractivity contribution < 1.29 is 22.8 Å². The van der Waals surface area contributed by atoms with Crippen molar-refractivity contribution in [2.24, 2.45) is 4.99 Å². The van der Waals surface area contributed by atoms with Gasteiger partial charge in [0.1, 0.15) is 16.7 Å². The van der Waals surface area contributed by atoms with E-state index in [1.165, 1.54) is 24.7 Å². The van der Waals surface area contributed by atoms with Crippen LogP contribution in [0.2, 0.25) is 0 Å². The van der Waals surface area contributed by atoms with Crippen LogP contribution < -0.4 is 10.6 Å². The number of amides is 3. The summed E-state index contributed by atoms with van der Waals surface area (Å²) in [7, 11) is 3.55. The molecule has 0 saturated carbocycles. The summed E-state index contributed by atoms with van der Waals surface area (Å²) in [6, 6.07) is 2.64. The van der Waals surface area contributed by atoms with Gasteiger partial charge in [-0.1, -0.05) is 0 Å². The number of alkyl halides is 3. The van der Waals surface area contributed by atoms with Crippen molar-refractivity contribution in [2.75, 3.05) is 26.0 Å². The molecule has 0 bridgehead atoms. The lowest BCUT2D eigenvalue weighted by molar-refractivity contribution is -0.140. The molecule has 0 unspecified atom stereocenters. The number of halogens is 3. The molecule has 3 aromatic heterocycles. The quantitative estimate of drug-likeness (QED) is 0.367. The highest BCUT2D eigenvalue weighted by molar-refractivity contribution is 7.13. The minimum atomic E-state index is -4.60. The number of carbonyl (C=O) groups excluding carboxylic acids is 2. The Bertz CT molecular complexity index is 1290. The number of amidine groups is 1. The lowest BCUT2D eigenvalue weighted by atomic mass is 10.0. The van der Waals surface area contributed by atoms with Crippen molar-refractivity contribution in [3.8, 4) is 21.7 Å². The molecule has 0 aliphatic rings. The van der Waals surface area contributed by atoms with E-state index in [0.29, 0.717) is 34.6 Å². The van der Waals surface area contributed by atoms with E-state index in [1.807, 2.05) is 0 Å². The number of hydrogen-bond acceptors (Lipinski definition) is 6. The Kier molecular flexibility index (Phi) is 8.35. The SMILES string of the molecule is CCNC(=O)Nc1cc(-c2nc(C(F)(F)F)cs2)c(-c2cncc(CC(=O)N=C(C)N(C)C)c2)cn1. The van der Waals surface area contributed by atoms with E-state index in [2.05, 4.69) is 30.6 Å². The van der Waals surface area contributed by atoms with E-state index in [9.17, 15) is 22.8 Å². The average molecular weight is 520 g/mol. The van der Waals surface area contributed by atoms with Crippen LogP contribution in [0.15, 0.2) is 41.1 Å². The van der Waals surface area contributed by atoms with Gasteiger partial charge in [-0.2, -0.15) is 13.2 Å². The molecule has 0 aromatic carbocycles. The Morgan fingerprint density at radius 2 is 1.89 bits per heavy atom. The van der Waals surface area contributed by atoms with Gasteiger partial charge in [0.25, 0.3) is 5.91 Å². The predicted octanol–water partition coefficient (Wildman–Crippen LogP) is 4.48. The van der Waals surface area contributed by atoms with Crippen LogP contribution in [-0.2, 0) is 17.4 Å². The zero-order valence-electron chi connectivity index (χ0n) is 20.0. The van der Waals surface area contributed by atoms with E-state index in [0.717, 1.165) is 16.7 Å². The van der Waals surface area contributed by atoms with Gasteiger partial charge in [-0.25, -0.2) is 19.8 Å². The number of rotatable bonds is 6. The first-order chi connectivity index (χ1) is 17.0. The third-order valence-corrected chi connectivity index (χ3v) is 5.78. The summed E-state index contributed by atoms with van der Waals surface area (Å²) in [5.41, 5.74) is 0.830. The third-order valence-electron chi connectivity index (χ3n) is 4.90. The zero-order chi connectivity index (χ0) is 26.5. The smallest absolute Gasteiger partial charge is 0.366 e. The summed E-state index contributed by atoms with van der Waals surface area (Å²) in [5.74, 6) is 0.320. The van der Waals surface area contributed by atoms with Gasteiger partial charge >= 0.3 is 12.2 Å². The number of aromatic nitrogens is 3. The molecule has 0 radical (unpaired) electrons. The summed E-state index contributed by atoms with van der Waals surface area (Å²) in [6.45, 7) is 3.84. The summed E-state index contributed by atoms with van der Waals surface area (Å²) in [5, 5.41) is 6.12. The second kappa shape index (κ2) is 11.2. The topological polar surface area (TPSA) is 112 Å². The Morgan fingerprint density at radius 1 is 1.14 bits per heavy atom. The Morgan fingerprint density at radius 3 is 2.53 bits per heavy atom. The maximum Gasteiger partial charge on any atom is 0.434 e. The summed E-state index contributed by atoms with van der Waals surface area (Å²) < 4.78 is 39.6. The van der Waals surface area contributed by atoms with Gasteiger partial charge in [0, 0.05) is 61.3 Å². The number of thiazole rings is 1. The third kappa shape index (κ3) is 6.84. The van der Waals surface area contributed by atoms with Crippen molar-refractivity contribution in [3.63, 3.8) is 0 Å². The van der Waals surface area contributed by atoms with Crippen LogP contribution in [0.3, 0.4) is 0 Å². The standard InChI is InChI=1S/C23H24F3N7O2S/c1-5-28-22(35)32-19-8-16(21-31-18(12-36-21)23(24,25)26)17(11-29-19)15-6-14(9-27-10-15)7-20(34)30-13(2)33(3)4/h6,8-12H,5,7H2,1-4H3,(H2,28,29,32,35). The molecule has 0 saturated heterocycles. The maximum atomic E-state index is 13.2. The van der Waals surface area contributed by atoms with Crippen molar-refractivity contribution in [1.82, 2.24) is 25.2 Å². The average Bonchev–Trinajstić information content (AvgIpc) is 3.30. The fourth-order valence-corrected chi connectivity index (χ4v) is 3.86. The first kappa shape index (κ1) is 26.7. The monoisotopic (exact) mass is 519 g/mol. The van der Waals surface area contributed by atoms with E-state index in [-0.39, 0.29) is 23.2 Å². The van der Waals surface area contributed by atoms with Crippen LogP contribution >= 0.6 is 11.3 Å². The largest absolute Gasteiger partial charge is 0.434 e. The first-order valence-electron chi connectivity index (χ1n) is 10.8. The Balaban J connectivity index is 2.02. The summed E-state index contributed by atoms with van der Waals surface area (Å²) in [6.07, 6.45) is -0.163. The molecule has 0 spiro atoms. The fourth-order valence-electron chi connectivity index (χ4n) is 3.01. The van der Waals surface area contributed by atoms with Crippen LogP contribution in [0, 0.1) is 0 Å². The van der Waals surface area contributed by atoms with Crippen molar-refractivity contribution in [2.45, 2.75) is 26.4 Å². The molecule has 3 heterocycles. The van der Waals surface area contributed by atoms with E-state index in [4.69, 9.17) is 0 Å². The second-order valence-electron chi connectivity index (χ2n) is 7.84. The van der Waals surface area contributed by atoms with Gasteiger partial charge in [0.2, 0.25) is 0 Å². The van der Waals surface area contributed by atoms with Crippen molar-refractivity contribution in [1.29, 1.82) is 0 Å². The number of carbonyl (C=O) groups is 2. The van der Waals surface area contributed by atoms with Gasteiger partial charge < -0.3 is 10.2 Å². The van der Waals surface area contributed by atoms with Crippen LogP contribution in [0.5, 0.6) is 0 Å². The molecule has 3 aromatic rings. The van der Waals surface area contributed by atoms with Crippen LogP contribution in [0.25, 0.3) is 21.7 Å². The minimum absolute atomic E-state index is 0.0128. The predicted molar refractivity (Wildman–Crippen MR) is 132 cm³/mol. The maximum absolute atomic E-state index is 13.2. The molecule has 0 aliphatic heterocycles. The number of anilines is 1. The fraction of sp³-hybridized carbons (Fsp3) is 0.304. The molecule has 9 nitrogen and oxygen atoms in total. The number of aliphatic imine (C=N–C) groups is 1. The highest BCUT2D eigenvalue weighted by atomic mass is 32.1. The number of nitrogens with one attached hydrogen (secondary N) is 2. The molecule has 13 heteroatoms. The zero-order valence-corrected chi connectivity index (χ0v) is 20.8. The number of hydrogen-bond donors (Lipinski definition) is 2. The van der Waals surface area contributed by atoms with E-state index < -0.39 is 17.9 Å². The first-order valence-corrected chi connectivity index (χ1v) is 11.6. The van der Waals surface area contributed by atoms with Gasteiger partial charge in [-0.3, -0.25) is 15.1 Å². The van der Waals surface area contributed by atoms with E-state index in [1.54, 1.807) is 38.9 Å². The van der Waals surface area contributed by atoms with Gasteiger partial charge in [-0.05, 0) is 31.5 Å². The van der Waals surface area contributed by atoms with Crippen LogP contribution in [0.1, 0.15) is 25.1 Å². The number of pyridine rings is 2. The highest BCUT2D eigenvalue weighted by Crippen LogP contribution is 2.38. The lowest BCUT2D eigenvalue weighted by Gasteiger charge is -2.12. The normalized spacial score (nSPS) is 11.8. The van der Waals surface area contributed by atoms with Gasteiger partial charge in [-0.15, -0.1) is 11.3 Å². The molecule has 190 valence electrons. The molecule has 0 atom stereocenters. The number of nitrogens with zero attached hydrogens (tertiary/aromatic N) is 5. The molecular weight excluding hydrogens is 495 g/mol. The molecule has 3 rings (SSSR count). The Hall–Kier alpha value is -3.87. The molecule has 0 fully saturated rings. The number of urea groups is 1. The van der Waals surface area contributed by atoms with Crippen LogP contribution in [0.4, 0.5) is 23.8 Å². The van der Waals surface area contributed by atoms with Gasteiger partial charge in [0.15, 0.2) is 5.69 Å².